The maximum absolute atomic E-state index is 13.3. The number of aromatic nitrogens is 5. The molecular formula is C22H28N6O3. The number of morpholine rings is 1. The highest BCUT2D eigenvalue weighted by Gasteiger charge is 2.32. The molecule has 0 saturated carbocycles. The Morgan fingerprint density at radius 1 is 1.19 bits per heavy atom. The van der Waals surface area contributed by atoms with Gasteiger partial charge in [0.15, 0.2) is 5.82 Å². The van der Waals surface area contributed by atoms with Crippen LogP contribution in [-0.4, -0.2) is 69.1 Å². The van der Waals surface area contributed by atoms with Gasteiger partial charge in [-0.2, -0.15) is 0 Å². The number of benzene rings is 1. The first-order valence-corrected chi connectivity index (χ1v) is 10.9. The van der Waals surface area contributed by atoms with Crippen LogP contribution in [0.1, 0.15) is 41.4 Å². The Morgan fingerprint density at radius 3 is 2.77 bits per heavy atom. The molecule has 0 aliphatic carbocycles. The fraction of sp³-hybridized carbons (Fsp3) is 0.545. The third-order valence-electron chi connectivity index (χ3n) is 6.38. The summed E-state index contributed by atoms with van der Waals surface area (Å²) in [5.41, 5.74) is 3.61. The van der Waals surface area contributed by atoms with Crippen molar-refractivity contribution in [3.63, 3.8) is 0 Å². The first kappa shape index (κ1) is 20.3. The van der Waals surface area contributed by atoms with Crippen molar-refractivity contribution in [1.29, 1.82) is 0 Å². The number of hydrogen-bond acceptors (Lipinski definition) is 7. The van der Waals surface area contributed by atoms with E-state index in [0.717, 1.165) is 41.5 Å². The topological polar surface area (TPSA) is 98.2 Å². The smallest absolute Gasteiger partial charge is 0.253 e. The van der Waals surface area contributed by atoms with E-state index in [4.69, 9.17) is 9.47 Å². The van der Waals surface area contributed by atoms with Crippen LogP contribution in [0.3, 0.4) is 0 Å². The number of nitrogens with zero attached hydrogens (tertiary/aromatic N) is 5. The maximum Gasteiger partial charge on any atom is 0.253 e. The molecule has 3 aromatic rings. The van der Waals surface area contributed by atoms with Gasteiger partial charge in [0.25, 0.3) is 5.56 Å². The number of ether oxygens (including phenoxy) is 2. The minimum atomic E-state index is -0.353. The predicted octanol–water partition coefficient (Wildman–Crippen LogP) is 1.73. The van der Waals surface area contributed by atoms with E-state index >= 15 is 0 Å². The average molecular weight is 425 g/mol. The fourth-order valence-corrected chi connectivity index (χ4v) is 4.65. The highest BCUT2D eigenvalue weighted by molar-refractivity contribution is 5.85. The molecule has 31 heavy (non-hydrogen) atoms. The van der Waals surface area contributed by atoms with Gasteiger partial charge in [0.1, 0.15) is 6.04 Å². The Hall–Kier alpha value is -2.62. The molecule has 5 rings (SSSR count). The van der Waals surface area contributed by atoms with E-state index in [1.165, 1.54) is 0 Å². The van der Waals surface area contributed by atoms with Crippen molar-refractivity contribution < 1.29 is 9.47 Å². The molecule has 164 valence electrons. The van der Waals surface area contributed by atoms with E-state index in [9.17, 15) is 4.79 Å². The molecule has 2 aliphatic heterocycles. The van der Waals surface area contributed by atoms with Crippen molar-refractivity contribution in [1.82, 2.24) is 30.1 Å². The van der Waals surface area contributed by atoms with Crippen molar-refractivity contribution >= 4 is 10.9 Å². The zero-order chi connectivity index (χ0) is 21.4. The number of rotatable bonds is 5. The molecule has 9 nitrogen and oxygen atoms in total. The highest BCUT2D eigenvalue weighted by atomic mass is 16.5. The van der Waals surface area contributed by atoms with Crippen molar-refractivity contribution in [2.24, 2.45) is 0 Å². The number of pyridine rings is 1. The summed E-state index contributed by atoms with van der Waals surface area (Å²) >= 11 is 0. The van der Waals surface area contributed by atoms with Crippen LogP contribution in [0.25, 0.3) is 10.9 Å². The fourth-order valence-electron chi connectivity index (χ4n) is 4.65. The van der Waals surface area contributed by atoms with Crippen molar-refractivity contribution in [3.05, 3.63) is 51.1 Å². The van der Waals surface area contributed by atoms with Crippen LogP contribution in [0.4, 0.5) is 0 Å². The van der Waals surface area contributed by atoms with E-state index < -0.39 is 0 Å². The zero-order valence-corrected chi connectivity index (χ0v) is 18.0. The van der Waals surface area contributed by atoms with E-state index in [1.807, 2.05) is 23.7 Å². The third-order valence-corrected chi connectivity index (χ3v) is 6.38. The lowest BCUT2D eigenvalue weighted by atomic mass is 9.99. The summed E-state index contributed by atoms with van der Waals surface area (Å²) in [5, 5.41) is 13.6. The molecule has 1 N–H and O–H groups in total. The van der Waals surface area contributed by atoms with Crippen LogP contribution in [-0.2, 0) is 16.0 Å². The standard InChI is InChI=1S/C22H28N6O3/c1-14-5-6-15(2)19-17(14)12-18(22(29)23-19)20(27-7-10-30-11-8-27)21-24-25-26-28(21)13-16-4-3-9-31-16/h5-6,12,16,20H,3-4,7-11,13H2,1-2H3,(H,23,29). The van der Waals surface area contributed by atoms with Gasteiger partial charge in [-0.25, -0.2) is 4.68 Å². The normalized spacial score (nSPS) is 21.0. The molecule has 1 aromatic carbocycles. The van der Waals surface area contributed by atoms with Gasteiger partial charge in [0.05, 0.1) is 31.4 Å². The Balaban J connectivity index is 1.63. The summed E-state index contributed by atoms with van der Waals surface area (Å²) in [6.45, 7) is 8.10. The molecule has 2 unspecified atom stereocenters. The molecule has 2 aromatic heterocycles. The minimum absolute atomic E-state index is 0.104. The summed E-state index contributed by atoms with van der Waals surface area (Å²) in [6.07, 6.45) is 2.15. The van der Waals surface area contributed by atoms with E-state index in [2.05, 4.69) is 38.4 Å². The molecular weight excluding hydrogens is 396 g/mol. The van der Waals surface area contributed by atoms with E-state index in [0.29, 0.717) is 44.2 Å². The molecule has 2 aliphatic rings. The van der Waals surface area contributed by atoms with Crippen LogP contribution < -0.4 is 5.56 Å². The highest BCUT2D eigenvalue weighted by Crippen LogP contribution is 2.29. The second-order valence-electron chi connectivity index (χ2n) is 8.45. The Kier molecular flexibility index (Phi) is 5.56. The molecule has 2 atom stereocenters. The summed E-state index contributed by atoms with van der Waals surface area (Å²) in [4.78, 5) is 18.7. The monoisotopic (exact) mass is 424 g/mol. The molecule has 0 amide bonds. The number of aromatic amines is 1. The largest absolute Gasteiger partial charge is 0.379 e. The lowest BCUT2D eigenvalue weighted by molar-refractivity contribution is 0.0205. The molecule has 2 fully saturated rings. The Morgan fingerprint density at radius 2 is 2.00 bits per heavy atom. The summed E-state index contributed by atoms with van der Waals surface area (Å²) in [6, 6.07) is 5.79. The van der Waals surface area contributed by atoms with Gasteiger partial charge in [0, 0.05) is 30.6 Å². The molecule has 0 spiro atoms. The quantitative estimate of drug-likeness (QED) is 0.666. The van der Waals surface area contributed by atoms with Gasteiger partial charge in [0.2, 0.25) is 0 Å². The van der Waals surface area contributed by atoms with Gasteiger partial charge in [-0.1, -0.05) is 12.1 Å². The summed E-state index contributed by atoms with van der Waals surface area (Å²) < 4.78 is 13.2. The molecule has 9 heteroatoms. The van der Waals surface area contributed by atoms with Crippen molar-refractivity contribution in [3.8, 4) is 0 Å². The summed E-state index contributed by atoms with van der Waals surface area (Å²) in [5.74, 6) is 0.674. The van der Waals surface area contributed by atoms with Crippen LogP contribution >= 0.6 is 0 Å². The number of fused-ring (bicyclic) bond motifs is 1. The Labute approximate surface area is 180 Å². The number of tetrazole rings is 1. The molecule has 4 heterocycles. The van der Waals surface area contributed by atoms with Gasteiger partial charge in [-0.15, -0.1) is 5.10 Å². The van der Waals surface area contributed by atoms with E-state index in [1.54, 1.807) is 0 Å². The predicted molar refractivity (Wildman–Crippen MR) is 115 cm³/mol. The van der Waals surface area contributed by atoms with Crippen LogP contribution in [0.2, 0.25) is 0 Å². The summed E-state index contributed by atoms with van der Waals surface area (Å²) in [7, 11) is 0. The average Bonchev–Trinajstić information content (AvgIpc) is 3.46. The lowest BCUT2D eigenvalue weighted by Gasteiger charge is -2.33. The first-order chi connectivity index (χ1) is 15.1. The molecule has 0 bridgehead atoms. The van der Waals surface area contributed by atoms with Gasteiger partial charge < -0.3 is 14.5 Å². The molecule has 2 saturated heterocycles. The van der Waals surface area contributed by atoms with Crippen molar-refractivity contribution in [2.45, 2.75) is 45.4 Å². The minimum Gasteiger partial charge on any atom is -0.379 e. The zero-order valence-electron chi connectivity index (χ0n) is 18.0. The SMILES string of the molecule is Cc1ccc(C)c2[nH]c(=O)c(C(c3nnnn3CC3CCCO3)N3CCOCC3)cc12. The number of nitrogens with one attached hydrogen (secondary N) is 1. The maximum atomic E-state index is 13.3. The van der Waals surface area contributed by atoms with Gasteiger partial charge in [-0.3, -0.25) is 9.69 Å². The number of hydrogen-bond donors (Lipinski definition) is 1. The van der Waals surface area contributed by atoms with E-state index in [-0.39, 0.29) is 17.7 Å². The van der Waals surface area contributed by atoms with Gasteiger partial charge >= 0.3 is 0 Å². The van der Waals surface area contributed by atoms with Crippen molar-refractivity contribution in [2.75, 3.05) is 32.9 Å². The lowest BCUT2D eigenvalue weighted by Crippen LogP contribution is -2.42. The Bertz CT molecular complexity index is 1130. The third kappa shape index (κ3) is 3.88. The number of aryl methyl sites for hydroxylation is 2. The van der Waals surface area contributed by atoms with Gasteiger partial charge in [-0.05, 0) is 54.3 Å². The second-order valence-corrected chi connectivity index (χ2v) is 8.45. The first-order valence-electron chi connectivity index (χ1n) is 10.9. The molecule has 0 radical (unpaired) electrons. The number of H-pyrrole nitrogens is 1. The second kappa shape index (κ2) is 8.49. The van der Waals surface area contributed by atoms with Crippen LogP contribution in [0.15, 0.2) is 23.0 Å². The van der Waals surface area contributed by atoms with Crippen LogP contribution in [0, 0.1) is 13.8 Å². The van der Waals surface area contributed by atoms with Crippen LogP contribution in [0.5, 0.6) is 0 Å².